The van der Waals surface area contributed by atoms with Gasteiger partial charge in [-0.3, -0.25) is 9.36 Å². The first kappa shape index (κ1) is 19.1. The summed E-state index contributed by atoms with van der Waals surface area (Å²) in [4.78, 5) is 25.1. The van der Waals surface area contributed by atoms with Gasteiger partial charge in [-0.2, -0.15) is 4.98 Å². The second-order valence-electron chi connectivity index (χ2n) is 6.87. The molecule has 0 N–H and O–H groups in total. The molecule has 1 aliphatic heterocycles. The van der Waals surface area contributed by atoms with Gasteiger partial charge in [0, 0.05) is 12.1 Å². The summed E-state index contributed by atoms with van der Waals surface area (Å²) in [7, 11) is 0. The lowest BCUT2D eigenvalue weighted by Crippen LogP contribution is -2.23. The van der Waals surface area contributed by atoms with Crippen molar-refractivity contribution >= 4 is 12.0 Å². The van der Waals surface area contributed by atoms with Crippen LogP contribution in [0.25, 0.3) is 0 Å². The molecule has 0 bridgehead atoms. The number of aromatic nitrogens is 4. The van der Waals surface area contributed by atoms with Gasteiger partial charge >= 0.3 is 0 Å². The van der Waals surface area contributed by atoms with E-state index in [2.05, 4.69) is 20.1 Å². The summed E-state index contributed by atoms with van der Waals surface area (Å²) in [6.45, 7) is 3.98. The molecule has 0 aliphatic carbocycles. The quantitative estimate of drug-likeness (QED) is 0.614. The molecule has 29 heavy (non-hydrogen) atoms. The third-order valence-electron chi connectivity index (χ3n) is 4.86. The standard InChI is InChI=1S/C20H20FN5O3/c1-3-22-18-12(2)20(27)26(11-23-18)9-17-24-19(25-29-17)14-8-16(28-10-14)13-5-4-6-15(21)7-13/h3-7,11,14,16H,8-10H2,1-2H3/b22-3-/t14-,16+/m0/s1. The van der Waals surface area contributed by atoms with Crippen LogP contribution in [0.3, 0.4) is 0 Å². The lowest BCUT2D eigenvalue weighted by Gasteiger charge is -2.09. The van der Waals surface area contributed by atoms with E-state index in [1.165, 1.54) is 23.0 Å². The van der Waals surface area contributed by atoms with Gasteiger partial charge in [0.1, 0.15) is 18.7 Å². The molecule has 0 radical (unpaired) electrons. The predicted molar refractivity (Wildman–Crippen MR) is 103 cm³/mol. The molecule has 0 spiro atoms. The van der Waals surface area contributed by atoms with Crippen molar-refractivity contribution in [2.24, 2.45) is 4.99 Å². The molecule has 9 heteroatoms. The number of hydrogen-bond donors (Lipinski definition) is 0. The highest BCUT2D eigenvalue weighted by molar-refractivity contribution is 5.59. The van der Waals surface area contributed by atoms with Crippen LogP contribution in [0.4, 0.5) is 10.2 Å². The number of rotatable bonds is 5. The largest absolute Gasteiger partial charge is 0.373 e. The molecule has 2 aromatic heterocycles. The fraction of sp³-hybridized carbons (Fsp3) is 0.350. The third-order valence-corrected chi connectivity index (χ3v) is 4.86. The van der Waals surface area contributed by atoms with Gasteiger partial charge in [0.2, 0.25) is 5.89 Å². The van der Waals surface area contributed by atoms with Crippen LogP contribution in [0.15, 0.2) is 44.9 Å². The van der Waals surface area contributed by atoms with Crippen molar-refractivity contribution in [1.29, 1.82) is 0 Å². The molecule has 0 saturated carbocycles. The molecule has 1 aliphatic rings. The number of hydrogen-bond acceptors (Lipinski definition) is 7. The van der Waals surface area contributed by atoms with Crippen molar-refractivity contribution < 1.29 is 13.7 Å². The molecule has 3 aromatic rings. The minimum atomic E-state index is -0.290. The summed E-state index contributed by atoms with van der Waals surface area (Å²) in [5, 5.41) is 4.04. The van der Waals surface area contributed by atoms with Crippen LogP contribution in [-0.4, -0.2) is 32.5 Å². The van der Waals surface area contributed by atoms with Crippen LogP contribution >= 0.6 is 0 Å². The number of benzene rings is 1. The number of ether oxygens (including phenoxy) is 1. The van der Waals surface area contributed by atoms with Crippen molar-refractivity contribution in [1.82, 2.24) is 19.7 Å². The molecule has 2 atom stereocenters. The van der Waals surface area contributed by atoms with Crippen molar-refractivity contribution in [3.8, 4) is 0 Å². The first-order valence-electron chi connectivity index (χ1n) is 9.29. The Hall–Kier alpha value is -3.20. The third kappa shape index (κ3) is 4.00. The highest BCUT2D eigenvalue weighted by Crippen LogP contribution is 2.37. The average molecular weight is 397 g/mol. The van der Waals surface area contributed by atoms with Crippen molar-refractivity contribution in [3.05, 3.63) is 69.6 Å². The van der Waals surface area contributed by atoms with Gasteiger partial charge in [0.15, 0.2) is 11.6 Å². The Morgan fingerprint density at radius 1 is 1.41 bits per heavy atom. The number of nitrogens with zero attached hydrogens (tertiary/aromatic N) is 5. The Balaban J connectivity index is 1.47. The van der Waals surface area contributed by atoms with Gasteiger partial charge < -0.3 is 9.26 Å². The van der Waals surface area contributed by atoms with Gasteiger partial charge in [0.05, 0.1) is 18.3 Å². The molecule has 150 valence electrons. The predicted octanol–water partition coefficient (Wildman–Crippen LogP) is 3.09. The molecule has 1 fully saturated rings. The first-order valence-corrected chi connectivity index (χ1v) is 9.29. The SMILES string of the molecule is C/C=N\c1ncn(Cc2nc([C@@H]3CO[C@@H](c4cccc(F)c4)C3)no2)c(=O)c1C. The molecule has 4 rings (SSSR count). The molecular weight excluding hydrogens is 377 g/mol. The van der Waals surface area contributed by atoms with E-state index >= 15 is 0 Å². The van der Waals surface area contributed by atoms with Crippen molar-refractivity contribution in [2.45, 2.75) is 38.8 Å². The lowest BCUT2D eigenvalue weighted by molar-refractivity contribution is 0.109. The molecule has 3 heterocycles. The highest BCUT2D eigenvalue weighted by Gasteiger charge is 2.31. The number of halogens is 1. The van der Waals surface area contributed by atoms with Gasteiger partial charge in [-0.05, 0) is 38.0 Å². The van der Waals surface area contributed by atoms with E-state index in [0.717, 1.165) is 5.56 Å². The van der Waals surface area contributed by atoms with E-state index in [-0.39, 0.29) is 29.9 Å². The zero-order valence-corrected chi connectivity index (χ0v) is 16.1. The fourth-order valence-electron chi connectivity index (χ4n) is 3.34. The Morgan fingerprint density at radius 3 is 3.07 bits per heavy atom. The smallest absolute Gasteiger partial charge is 0.258 e. The minimum absolute atomic E-state index is 0.0568. The van der Waals surface area contributed by atoms with Gasteiger partial charge in [-0.1, -0.05) is 17.3 Å². The summed E-state index contributed by atoms with van der Waals surface area (Å²) in [6, 6.07) is 6.38. The van der Waals surface area contributed by atoms with E-state index < -0.39 is 0 Å². The monoisotopic (exact) mass is 397 g/mol. The Bertz CT molecular complexity index is 1110. The maximum atomic E-state index is 13.4. The molecule has 0 amide bonds. The van der Waals surface area contributed by atoms with Crippen molar-refractivity contribution in [3.63, 3.8) is 0 Å². The molecule has 0 unspecified atom stereocenters. The first-order chi connectivity index (χ1) is 14.0. The summed E-state index contributed by atoms with van der Waals surface area (Å²) < 4.78 is 26.0. The average Bonchev–Trinajstić information content (AvgIpc) is 3.37. The Labute approximate surface area is 166 Å². The van der Waals surface area contributed by atoms with Gasteiger partial charge in [0.25, 0.3) is 5.56 Å². The lowest BCUT2D eigenvalue weighted by atomic mass is 10.00. The van der Waals surface area contributed by atoms with Crippen LogP contribution in [0, 0.1) is 12.7 Å². The van der Waals surface area contributed by atoms with Crippen LogP contribution in [-0.2, 0) is 11.3 Å². The van der Waals surface area contributed by atoms with E-state index in [4.69, 9.17) is 9.26 Å². The Kier molecular flexibility index (Phi) is 5.30. The van der Waals surface area contributed by atoms with E-state index in [1.807, 2.05) is 6.07 Å². The number of aliphatic imine (C=N–C) groups is 1. The molecule has 1 saturated heterocycles. The van der Waals surface area contributed by atoms with Crippen molar-refractivity contribution in [2.75, 3.05) is 6.61 Å². The topological polar surface area (TPSA) is 95.4 Å². The maximum absolute atomic E-state index is 13.4. The normalized spacial score (nSPS) is 19.3. The second kappa shape index (κ2) is 8.04. The van der Waals surface area contributed by atoms with E-state index in [1.54, 1.807) is 26.1 Å². The van der Waals surface area contributed by atoms with Crippen LogP contribution in [0.5, 0.6) is 0 Å². The summed E-state index contributed by atoms with van der Waals surface area (Å²) in [6.07, 6.45) is 3.43. The zero-order valence-electron chi connectivity index (χ0n) is 16.1. The summed E-state index contributed by atoms with van der Waals surface area (Å²) in [5.41, 5.74) is 1.03. The summed E-state index contributed by atoms with van der Waals surface area (Å²) in [5.74, 6) is 0.875. The van der Waals surface area contributed by atoms with Gasteiger partial charge in [-0.25, -0.2) is 14.4 Å². The highest BCUT2D eigenvalue weighted by atomic mass is 19.1. The second-order valence-corrected chi connectivity index (χ2v) is 6.87. The molecule has 1 aromatic carbocycles. The van der Waals surface area contributed by atoms with Crippen LogP contribution in [0.2, 0.25) is 0 Å². The fourth-order valence-corrected chi connectivity index (χ4v) is 3.34. The zero-order chi connectivity index (χ0) is 20.4. The van der Waals surface area contributed by atoms with E-state index in [9.17, 15) is 9.18 Å². The van der Waals surface area contributed by atoms with Crippen LogP contribution in [0.1, 0.15) is 48.2 Å². The van der Waals surface area contributed by atoms with Crippen LogP contribution < -0.4 is 5.56 Å². The minimum Gasteiger partial charge on any atom is -0.373 e. The maximum Gasteiger partial charge on any atom is 0.258 e. The summed E-state index contributed by atoms with van der Waals surface area (Å²) >= 11 is 0. The van der Waals surface area contributed by atoms with E-state index in [0.29, 0.717) is 36.1 Å². The molecule has 8 nitrogen and oxygen atoms in total. The Morgan fingerprint density at radius 2 is 2.28 bits per heavy atom. The van der Waals surface area contributed by atoms with Gasteiger partial charge in [-0.15, -0.1) is 0 Å². The molecular formula is C20H20FN5O3.